The highest BCUT2D eigenvalue weighted by Crippen LogP contribution is 2.23. The van der Waals surface area contributed by atoms with Gasteiger partial charge in [0.05, 0.1) is 15.7 Å². The van der Waals surface area contributed by atoms with Crippen LogP contribution in [0.1, 0.15) is 5.56 Å². The Morgan fingerprint density at radius 2 is 2.08 bits per heavy atom. The number of fused-ring (bicyclic) bond motifs is 2. The van der Waals surface area contributed by atoms with Gasteiger partial charge >= 0.3 is 0 Å². The molecule has 5 rings (SSSR count). The summed E-state index contributed by atoms with van der Waals surface area (Å²) in [5, 5.41) is 7.00. The average Bonchev–Trinajstić information content (AvgIpc) is 3.35. The van der Waals surface area contributed by atoms with E-state index < -0.39 is 0 Å². The topological polar surface area (TPSA) is 82.2 Å². The van der Waals surface area contributed by atoms with E-state index in [1.165, 1.54) is 0 Å². The van der Waals surface area contributed by atoms with Crippen LogP contribution in [-0.4, -0.2) is 21.8 Å². The number of thiazole rings is 1. The fraction of sp³-hybridized carbons (Fsp3) is 0. The van der Waals surface area contributed by atoms with E-state index in [1.54, 1.807) is 17.4 Å². The molecular formula is C19H13N5OS. The van der Waals surface area contributed by atoms with Gasteiger partial charge in [-0.15, -0.1) is 11.3 Å². The van der Waals surface area contributed by atoms with E-state index in [1.807, 2.05) is 54.2 Å². The van der Waals surface area contributed by atoms with E-state index in [-0.39, 0.29) is 5.91 Å². The minimum absolute atomic E-state index is 0.222. The van der Waals surface area contributed by atoms with Crippen molar-refractivity contribution < 1.29 is 4.79 Å². The molecule has 1 amide bonds. The summed E-state index contributed by atoms with van der Waals surface area (Å²) in [6, 6.07) is 13.8. The van der Waals surface area contributed by atoms with Crippen LogP contribution in [0.15, 0.2) is 64.9 Å². The molecular weight excluding hydrogens is 346 g/mol. The summed E-state index contributed by atoms with van der Waals surface area (Å²) >= 11 is 1.57. The highest BCUT2D eigenvalue weighted by molar-refractivity contribution is 7.16. The summed E-state index contributed by atoms with van der Waals surface area (Å²) in [4.78, 5) is 24.0. The minimum Gasteiger partial charge on any atom is -0.361 e. The normalized spacial score (nSPS) is 15.6. The molecule has 0 unspecified atom stereocenters. The lowest BCUT2D eigenvalue weighted by atomic mass is 10.1. The molecule has 0 atom stereocenters. The van der Waals surface area contributed by atoms with Gasteiger partial charge in [-0.1, -0.05) is 6.07 Å². The highest BCUT2D eigenvalue weighted by Gasteiger charge is 2.20. The standard InChI is InChI=1S/C19H13N5OS/c25-18-16(8-11-1-3-14-12(7-11)5-6-20-14)23-19(24-18)22-13-2-4-15-17(9-13)26-10-21-15/h1-10,20H,(H2,22,23,24,25). The molecule has 0 bridgehead atoms. The Balaban J connectivity index is 1.42. The van der Waals surface area contributed by atoms with Crippen LogP contribution in [-0.2, 0) is 4.79 Å². The number of aromatic amines is 1. The zero-order chi connectivity index (χ0) is 17.5. The van der Waals surface area contributed by atoms with E-state index in [2.05, 4.69) is 25.6 Å². The average molecular weight is 359 g/mol. The Kier molecular flexibility index (Phi) is 3.32. The van der Waals surface area contributed by atoms with Crippen LogP contribution in [0.3, 0.4) is 0 Å². The van der Waals surface area contributed by atoms with Crippen molar-refractivity contribution in [1.29, 1.82) is 0 Å². The highest BCUT2D eigenvalue weighted by atomic mass is 32.1. The van der Waals surface area contributed by atoms with Crippen molar-refractivity contribution in [3.05, 3.63) is 65.4 Å². The summed E-state index contributed by atoms with van der Waals surface area (Å²) < 4.78 is 1.08. The number of anilines is 1. The van der Waals surface area contributed by atoms with Crippen molar-refractivity contribution in [2.75, 3.05) is 5.32 Å². The number of carbonyl (C=O) groups is 1. The molecule has 0 radical (unpaired) electrons. The van der Waals surface area contributed by atoms with Gasteiger partial charge in [0.25, 0.3) is 5.91 Å². The third kappa shape index (κ3) is 2.64. The van der Waals surface area contributed by atoms with Crippen LogP contribution in [0.2, 0.25) is 0 Å². The third-order valence-electron chi connectivity index (χ3n) is 4.17. The van der Waals surface area contributed by atoms with Crippen LogP contribution in [0.5, 0.6) is 0 Å². The Bertz CT molecular complexity index is 1220. The lowest BCUT2D eigenvalue weighted by molar-refractivity contribution is -0.115. The molecule has 3 N–H and O–H groups in total. The van der Waals surface area contributed by atoms with Gasteiger partial charge in [0.2, 0.25) is 5.96 Å². The molecule has 3 heterocycles. The number of H-pyrrole nitrogens is 1. The molecule has 1 aliphatic rings. The second-order valence-electron chi connectivity index (χ2n) is 5.93. The van der Waals surface area contributed by atoms with Crippen molar-refractivity contribution in [3.8, 4) is 0 Å². The van der Waals surface area contributed by atoms with Gasteiger partial charge < -0.3 is 10.3 Å². The van der Waals surface area contributed by atoms with E-state index in [9.17, 15) is 4.79 Å². The zero-order valence-corrected chi connectivity index (χ0v) is 14.3. The molecule has 4 aromatic rings. The number of aromatic nitrogens is 2. The van der Waals surface area contributed by atoms with Crippen LogP contribution >= 0.6 is 11.3 Å². The zero-order valence-electron chi connectivity index (χ0n) is 13.5. The maximum absolute atomic E-state index is 12.2. The maximum atomic E-state index is 12.2. The SMILES string of the molecule is O=C1NC(Nc2ccc3ncsc3c2)=NC1=Cc1ccc2[nH]ccc2c1. The molecule has 0 spiro atoms. The predicted octanol–water partition coefficient (Wildman–Crippen LogP) is 3.72. The molecule has 126 valence electrons. The lowest BCUT2D eigenvalue weighted by Crippen LogP contribution is -2.29. The number of hydrogen-bond donors (Lipinski definition) is 3. The Morgan fingerprint density at radius 3 is 3.04 bits per heavy atom. The van der Waals surface area contributed by atoms with Gasteiger partial charge in [0.15, 0.2) is 0 Å². The second-order valence-corrected chi connectivity index (χ2v) is 6.81. The Labute approximate surface area is 152 Å². The fourth-order valence-corrected chi connectivity index (χ4v) is 3.63. The van der Waals surface area contributed by atoms with E-state index in [0.29, 0.717) is 11.7 Å². The first-order valence-electron chi connectivity index (χ1n) is 8.04. The molecule has 0 aliphatic carbocycles. The summed E-state index contributed by atoms with van der Waals surface area (Å²) in [5.74, 6) is 0.202. The quantitative estimate of drug-likeness (QED) is 0.477. The summed E-state index contributed by atoms with van der Waals surface area (Å²) in [6.45, 7) is 0. The van der Waals surface area contributed by atoms with Gasteiger partial charge in [-0.3, -0.25) is 10.1 Å². The van der Waals surface area contributed by atoms with Crippen molar-refractivity contribution in [2.45, 2.75) is 0 Å². The number of aliphatic imine (C=N–C) groups is 1. The van der Waals surface area contributed by atoms with Gasteiger partial charge in [-0.2, -0.15) is 0 Å². The van der Waals surface area contributed by atoms with Crippen molar-refractivity contribution in [2.24, 2.45) is 4.99 Å². The molecule has 26 heavy (non-hydrogen) atoms. The Morgan fingerprint density at radius 1 is 1.12 bits per heavy atom. The lowest BCUT2D eigenvalue weighted by Gasteiger charge is -2.04. The number of carbonyl (C=O) groups excluding carboxylic acids is 1. The van der Waals surface area contributed by atoms with Crippen LogP contribution in [0, 0.1) is 0 Å². The molecule has 2 aromatic carbocycles. The van der Waals surface area contributed by atoms with E-state index in [4.69, 9.17) is 0 Å². The van der Waals surface area contributed by atoms with Crippen LogP contribution in [0.25, 0.3) is 27.2 Å². The van der Waals surface area contributed by atoms with Gasteiger partial charge in [-0.05, 0) is 53.4 Å². The largest absolute Gasteiger partial charge is 0.361 e. The van der Waals surface area contributed by atoms with Crippen molar-refractivity contribution >= 4 is 56.1 Å². The number of amides is 1. The molecule has 1 aliphatic heterocycles. The van der Waals surface area contributed by atoms with Crippen LogP contribution < -0.4 is 10.6 Å². The first-order valence-corrected chi connectivity index (χ1v) is 8.92. The molecule has 0 fully saturated rings. The summed E-state index contributed by atoms with van der Waals surface area (Å²) in [7, 11) is 0. The molecule has 0 saturated heterocycles. The maximum Gasteiger partial charge on any atom is 0.276 e. The first-order chi connectivity index (χ1) is 12.7. The van der Waals surface area contributed by atoms with E-state index in [0.717, 1.165) is 32.4 Å². The number of guanidine groups is 1. The number of benzene rings is 2. The van der Waals surface area contributed by atoms with E-state index >= 15 is 0 Å². The number of nitrogens with one attached hydrogen (secondary N) is 3. The Hall–Kier alpha value is -3.45. The van der Waals surface area contributed by atoms with Gasteiger partial charge in [0, 0.05) is 17.4 Å². The van der Waals surface area contributed by atoms with Crippen LogP contribution in [0.4, 0.5) is 5.69 Å². The van der Waals surface area contributed by atoms with Gasteiger partial charge in [0.1, 0.15) is 5.70 Å². The number of hydrogen-bond acceptors (Lipinski definition) is 5. The first kappa shape index (κ1) is 14.9. The summed E-state index contributed by atoms with van der Waals surface area (Å²) in [6.07, 6.45) is 3.67. The molecule has 6 nitrogen and oxygen atoms in total. The fourth-order valence-electron chi connectivity index (χ4n) is 2.92. The monoisotopic (exact) mass is 359 g/mol. The number of rotatable bonds is 2. The summed E-state index contributed by atoms with van der Waals surface area (Å²) in [5.41, 5.74) is 5.99. The van der Waals surface area contributed by atoms with Crippen molar-refractivity contribution in [1.82, 2.24) is 15.3 Å². The molecule has 0 saturated carbocycles. The molecule has 2 aromatic heterocycles. The minimum atomic E-state index is -0.222. The second kappa shape index (κ2) is 5.82. The number of nitrogens with zero attached hydrogens (tertiary/aromatic N) is 2. The van der Waals surface area contributed by atoms with Crippen molar-refractivity contribution in [3.63, 3.8) is 0 Å². The third-order valence-corrected chi connectivity index (χ3v) is 4.96. The smallest absolute Gasteiger partial charge is 0.276 e. The predicted molar refractivity (Wildman–Crippen MR) is 105 cm³/mol. The van der Waals surface area contributed by atoms with Gasteiger partial charge in [-0.25, -0.2) is 9.98 Å². The molecule has 7 heteroatoms.